The first-order valence-corrected chi connectivity index (χ1v) is 13.1. The van der Waals surface area contributed by atoms with Gasteiger partial charge in [-0.2, -0.15) is 0 Å². The van der Waals surface area contributed by atoms with E-state index in [-0.39, 0.29) is 12.2 Å². The van der Waals surface area contributed by atoms with E-state index in [4.69, 9.17) is 25.8 Å². The molecule has 0 amide bonds. The Kier molecular flexibility index (Phi) is 7.18. The lowest BCUT2D eigenvalue weighted by molar-refractivity contribution is 0.0600. The molecule has 1 aliphatic heterocycles. The normalized spacial score (nSPS) is 15.7. The molecule has 0 saturated carbocycles. The number of methoxy groups -OCH3 is 1. The van der Waals surface area contributed by atoms with Crippen LogP contribution in [0.2, 0.25) is 5.02 Å². The number of hydrogen-bond donors (Lipinski definition) is 0. The van der Waals surface area contributed by atoms with Gasteiger partial charge in [0.05, 0.1) is 18.1 Å². The minimum atomic E-state index is -0.455. The molecule has 0 bridgehead atoms. The molecule has 9 heteroatoms. The number of fused-ring (bicyclic) bond motifs is 1. The maximum Gasteiger partial charge on any atom is 0.351 e. The Labute approximate surface area is 219 Å². The Hall–Kier alpha value is -3.07. The monoisotopic (exact) mass is 525 g/mol. The summed E-state index contributed by atoms with van der Waals surface area (Å²) >= 11 is 7.65. The minimum Gasteiger partial charge on any atom is -0.490 e. The number of piperidine rings is 1. The number of esters is 1. The highest BCUT2D eigenvalue weighted by molar-refractivity contribution is 7.16. The molecule has 188 valence electrons. The summed E-state index contributed by atoms with van der Waals surface area (Å²) in [5.74, 6) is 0.797. The van der Waals surface area contributed by atoms with E-state index in [0.29, 0.717) is 15.6 Å². The number of carbonyl (C=O) groups is 1. The van der Waals surface area contributed by atoms with Gasteiger partial charge in [0.15, 0.2) is 4.88 Å². The number of likely N-dealkylation sites (tertiary alicyclic amines) is 1. The average molecular weight is 526 g/mol. The summed E-state index contributed by atoms with van der Waals surface area (Å²) in [6.45, 7) is 3.97. The van der Waals surface area contributed by atoms with Gasteiger partial charge in [-0.3, -0.25) is 4.57 Å². The number of hydrogen-bond acceptors (Lipinski definition) is 7. The fraction of sp³-hybridized carbons (Fsp3) is 0.333. The average Bonchev–Trinajstić information content (AvgIpc) is 3.49. The van der Waals surface area contributed by atoms with Crippen molar-refractivity contribution in [1.29, 1.82) is 0 Å². The summed E-state index contributed by atoms with van der Waals surface area (Å²) in [5, 5.41) is 1.40. The Bertz CT molecular complexity index is 1380. The number of imidazole rings is 1. The molecular weight excluding hydrogens is 498 g/mol. The highest BCUT2D eigenvalue weighted by Crippen LogP contribution is 2.38. The second-order valence-electron chi connectivity index (χ2n) is 8.94. The Morgan fingerprint density at radius 2 is 1.94 bits per heavy atom. The van der Waals surface area contributed by atoms with Crippen LogP contribution in [-0.4, -0.2) is 53.8 Å². The maximum atomic E-state index is 12.6. The number of benzene rings is 2. The Morgan fingerprint density at radius 1 is 1.17 bits per heavy atom. The maximum absolute atomic E-state index is 12.6. The van der Waals surface area contributed by atoms with Gasteiger partial charge in [0.1, 0.15) is 35.0 Å². The van der Waals surface area contributed by atoms with Crippen LogP contribution in [0.4, 0.5) is 0 Å². The molecule has 0 radical (unpaired) electrons. The highest BCUT2D eigenvalue weighted by Gasteiger charge is 2.23. The van der Waals surface area contributed by atoms with E-state index >= 15 is 0 Å². The van der Waals surface area contributed by atoms with Gasteiger partial charge in [0.2, 0.25) is 0 Å². The third-order valence-corrected chi connectivity index (χ3v) is 7.87. The molecule has 1 saturated heterocycles. The van der Waals surface area contributed by atoms with E-state index in [0.717, 1.165) is 53.3 Å². The number of halogens is 1. The van der Waals surface area contributed by atoms with Crippen molar-refractivity contribution >= 4 is 39.9 Å². The number of aromatic nitrogens is 2. The molecule has 0 aliphatic carbocycles. The predicted octanol–water partition coefficient (Wildman–Crippen LogP) is 6.14. The Balaban J connectivity index is 1.45. The van der Waals surface area contributed by atoms with Gasteiger partial charge in [-0.25, -0.2) is 9.78 Å². The van der Waals surface area contributed by atoms with Crippen molar-refractivity contribution in [1.82, 2.24) is 14.5 Å². The number of nitrogens with zero attached hydrogens (tertiary/aromatic N) is 3. The van der Waals surface area contributed by atoms with Crippen LogP contribution in [0.25, 0.3) is 16.0 Å². The third-order valence-electron chi connectivity index (χ3n) is 6.43. The molecule has 1 aliphatic rings. The van der Waals surface area contributed by atoms with Gasteiger partial charge in [-0.05, 0) is 45.0 Å². The fourth-order valence-electron chi connectivity index (χ4n) is 4.39. The number of carbonyl (C=O) groups excluding carboxylic acids is 1. The van der Waals surface area contributed by atoms with E-state index in [9.17, 15) is 4.79 Å². The minimum absolute atomic E-state index is 0.203. The molecular formula is C27H28ClN3O4S. The molecule has 1 fully saturated rings. The highest BCUT2D eigenvalue weighted by atomic mass is 35.5. The van der Waals surface area contributed by atoms with Gasteiger partial charge in [-0.15, -0.1) is 11.3 Å². The quantitative estimate of drug-likeness (QED) is 0.270. The van der Waals surface area contributed by atoms with Crippen LogP contribution in [-0.2, 0) is 4.74 Å². The summed E-state index contributed by atoms with van der Waals surface area (Å²) < 4.78 is 19.5. The van der Waals surface area contributed by atoms with E-state index in [1.165, 1.54) is 18.4 Å². The van der Waals surface area contributed by atoms with Gasteiger partial charge < -0.3 is 19.1 Å². The van der Waals surface area contributed by atoms with Gasteiger partial charge in [0, 0.05) is 35.8 Å². The molecule has 36 heavy (non-hydrogen) atoms. The lowest BCUT2D eigenvalue weighted by atomic mass is 10.1. The molecule has 0 spiro atoms. The van der Waals surface area contributed by atoms with Crippen molar-refractivity contribution in [2.45, 2.75) is 32.0 Å². The third kappa shape index (κ3) is 5.07. The molecule has 1 atom stereocenters. The van der Waals surface area contributed by atoms with Gasteiger partial charge in [-0.1, -0.05) is 29.8 Å². The summed E-state index contributed by atoms with van der Waals surface area (Å²) in [6, 6.07) is 15.3. The SMILES string of the molecule is COC(=O)c1sc(-n2cnc3ccc(OC4CCN(C)CC4)cc32)cc1O[C@H](C)c1ccccc1Cl. The zero-order chi connectivity index (χ0) is 25.2. The van der Waals surface area contributed by atoms with E-state index in [2.05, 4.69) is 16.9 Å². The van der Waals surface area contributed by atoms with E-state index in [1.807, 2.05) is 60.0 Å². The molecule has 7 nitrogen and oxygen atoms in total. The summed E-state index contributed by atoms with van der Waals surface area (Å²) in [7, 11) is 3.50. The predicted molar refractivity (Wildman–Crippen MR) is 142 cm³/mol. The van der Waals surface area contributed by atoms with Crippen molar-refractivity contribution in [3.05, 3.63) is 70.3 Å². The van der Waals surface area contributed by atoms with Crippen molar-refractivity contribution in [2.24, 2.45) is 0 Å². The van der Waals surface area contributed by atoms with Crippen LogP contribution in [0, 0.1) is 0 Å². The molecule has 0 N–H and O–H groups in total. The smallest absolute Gasteiger partial charge is 0.351 e. The van der Waals surface area contributed by atoms with Crippen LogP contribution in [0.3, 0.4) is 0 Å². The largest absolute Gasteiger partial charge is 0.490 e. The molecule has 3 heterocycles. The summed E-state index contributed by atoms with van der Waals surface area (Å²) in [4.78, 5) is 19.8. The molecule has 0 unspecified atom stereocenters. The molecule has 5 rings (SSSR count). The van der Waals surface area contributed by atoms with Crippen molar-refractivity contribution in [3.8, 4) is 16.5 Å². The van der Waals surface area contributed by atoms with Crippen LogP contribution in [0.15, 0.2) is 54.9 Å². The van der Waals surface area contributed by atoms with Crippen molar-refractivity contribution in [2.75, 3.05) is 27.2 Å². The van der Waals surface area contributed by atoms with Crippen LogP contribution < -0.4 is 9.47 Å². The lowest BCUT2D eigenvalue weighted by Gasteiger charge is -2.29. The fourth-order valence-corrected chi connectivity index (χ4v) is 5.68. The van der Waals surface area contributed by atoms with Crippen LogP contribution >= 0.6 is 22.9 Å². The lowest BCUT2D eigenvalue weighted by Crippen LogP contribution is -2.35. The van der Waals surface area contributed by atoms with Crippen molar-refractivity contribution < 1.29 is 19.0 Å². The first-order chi connectivity index (χ1) is 17.4. The number of ether oxygens (including phenoxy) is 3. The van der Waals surface area contributed by atoms with E-state index < -0.39 is 5.97 Å². The van der Waals surface area contributed by atoms with Crippen LogP contribution in [0.1, 0.15) is 41.1 Å². The zero-order valence-electron chi connectivity index (χ0n) is 20.4. The zero-order valence-corrected chi connectivity index (χ0v) is 22.0. The standard InChI is InChI=1S/C27H28ClN3O4S/c1-17(20-6-4-5-7-21(20)28)34-24-15-25(36-26(24)27(32)33-3)31-16-29-22-9-8-19(14-23(22)31)35-18-10-12-30(2)13-11-18/h4-9,14-18H,10-13H2,1-3H3/t17-/m1/s1. The second-order valence-corrected chi connectivity index (χ2v) is 10.4. The molecule has 2 aromatic carbocycles. The number of thiophene rings is 1. The topological polar surface area (TPSA) is 65.8 Å². The first kappa shape index (κ1) is 24.6. The Morgan fingerprint density at radius 3 is 2.69 bits per heavy atom. The molecule has 2 aromatic heterocycles. The summed E-state index contributed by atoms with van der Waals surface area (Å²) in [5.41, 5.74) is 2.57. The second kappa shape index (κ2) is 10.5. The first-order valence-electron chi connectivity index (χ1n) is 11.9. The number of rotatable bonds is 7. The van der Waals surface area contributed by atoms with Crippen molar-refractivity contribution in [3.63, 3.8) is 0 Å². The van der Waals surface area contributed by atoms with Gasteiger partial charge >= 0.3 is 5.97 Å². The summed E-state index contributed by atoms with van der Waals surface area (Å²) in [6.07, 6.45) is 3.60. The van der Waals surface area contributed by atoms with Gasteiger partial charge in [0.25, 0.3) is 0 Å². The van der Waals surface area contributed by atoms with E-state index in [1.54, 1.807) is 6.33 Å². The van der Waals surface area contributed by atoms with Crippen LogP contribution in [0.5, 0.6) is 11.5 Å². The molecule has 4 aromatic rings.